The lowest BCUT2D eigenvalue weighted by Crippen LogP contribution is -2.01. The van der Waals surface area contributed by atoms with Gasteiger partial charge in [0.1, 0.15) is 5.82 Å². The van der Waals surface area contributed by atoms with Crippen LogP contribution in [0.15, 0.2) is 47.4 Å². The Morgan fingerprint density at radius 2 is 1.80 bits per heavy atom. The van der Waals surface area contributed by atoms with Crippen LogP contribution in [-0.4, -0.2) is 5.76 Å². The molecule has 0 unspecified atom stereocenters. The number of rotatable bonds is 5. The molecule has 2 aromatic rings. The molecule has 2 aromatic carbocycles. The molecule has 0 bridgehead atoms. The van der Waals surface area contributed by atoms with Gasteiger partial charge in [-0.05, 0) is 42.5 Å². The normalized spacial score (nSPS) is 10.8. The van der Waals surface area contributed by atoms with E-state index in [1.807, 2.05) is 0 Å². The van der Waals surface area contributed by atoms with E-state index in [0.717, 1.165) is 5.69 Å². The van der Waals surface area contributed by atoms with Crippen LogP contribution in [0.1, 0.15) is 5.56 Å². The van der Waals surface area contributed by atoms with Crippen LogP contribution in [0, 0.1) is 5.82 Å². The maximum Gasteiger partial charge on any atom is 0.288 e. The van der Waals surface area contributed by atoms with Gasteiger partial charge in [-0.2, -0.15) is 8.78 Å². The van der Waals surface area contributed by atoms with Gasteiger partial charge in [0, 0.05) is 27.7 Å². The van der Waals surface area contributed by atoms with Gasteiger partial charge in [0.15, 0.2) is 0 Å². The first-order valence-electron chi connectivity index (χ1n) is 5.77. The van der Waals surface area contributed by atoms with Crippen LogP contribution in [0.2, 0.25) is 5.02 Å². The maximum absolute atomic E-state index is 13.5. The number of benzene rings is 2. The highest BCUT2D eigenvalue weighted by Crippen LogP contribution is 2.26. The summed E-state index contributed by atoms with van der Waals surface area (Å²) in [5.41, 5.74) is 1.17. The molecule has 20 heavy (non-hydrogen) atoms. The molecule has 0 saturated heterocycles. The molecule has 0 aliphatic carbocycles. The lowest BCUT2D eigenvalue weighted by Gasteiger charge is -2.08. The molecule has 0 spiro atoms. The summed E-state index contributed by atoms with van der Waals surface area (Å²) < 4.78 is 37.8. The molecular formula is C14H11ClF3NS. The number of anilines is 1. The SMILES string of the molecule is Fc1ccc(Cl)cc1CNc1ccc(SC(F)F)cc1. The molecule has 0 amide bonds. The Bertz CT molecular complexity index is 575. The van der Waals surface area contributed by atoms with Gasteiger partial charge >= 0.3 is 0 Å². The molecule has 2 rings (SSSR count). The zero-order valence-electron chi connectivity index (χ0n) is 10.2. The van der Waals surface area contributed by atoms with Crippen LogP contribution in [0.25, 0.3) is 0 Å². The van der Waals surface area contributed by atoms with Crippen molar-refractivity contribution in [2.45, 2.75) is 17.2 Å². The molecule has 0 aliphatic rings. The van der Waals surface area contributed by atoms with Gasteiger partial charge in [-0.1, -0.05) is 23.4 Å². The highest BCUT2D eigenvalue weighted by atomic mass is 35.5. The van der Waals surface area contributed by atoms with Gasteiger partial charge in [-0.3, -0.25) is 0 Å². The highest BCUT2D eigenvalue weighted by Gasteiger charge is 2.05. The van der Waals surface area contributed by atoms with Crippen LogP contribution in [-0.2, 0) is 6.54 Å². The molecule has 0 aromatic heterocycles. The Labute approximate surface area is 124 Å². The second-order valence-corrected chi connectivity index (χ2v) is 5.49. The summed E-state index contributed by atoms with van der Waals surface area (Å²) in [5.74, 6) is -2.78. The van der Waals surface area contributed by atoms with Crippen LogP contribution in [0.3, 0.4) is 0 Å². The second kappa shape index (κ2) is 6.90. The van der Waals surface area contributed by atoms with Crippen molar-refractivity contribution < 1.29 is 13.2 Å². The molecule has 6 heteroatoms. The molecule has 106 valence electrons. The number of hydrogen-bond donors (Lipinski definition) is 1. The van der Waals surface area contributed by atoms with E-state index in [1.165, 1.54) is 12.1 Å². The minimum absolute atomic E-state index is 0.272. The van der Waals surface area contributed by atoms with Crippen molar-refractivity contribution in [1.82, 2.24) is 0 Å². The molecule has 0 atom stereocenters. The average Bonchev–Trinajstić information content (AvgIpc) is 2.41. The number of hydrogen-bond acceptors (Lipinski definition) is 2. The summed E-state index contributed by atoms with van der Waals surface area (Å²) in [5, 5.41) is 3.48. The Morgan fingerprint density at radius 1 is 1.10 bits per heavy atom. The number of thioether (sulfide) groups is 1. The zero-order valence-corrected chi connectivity index (χ0v) is 11.8. The monoisotopic (exact) mass is 317 g/mol. The summed E-state index contributed by atoms with van der Waals surface area (Å²) in [6.07, 6.45) is 0. The van der Waals surface area contributed by atoms with Crippen molar-refractivity contribution in [3.63, 3.8) is 0 Å². The van der Waals surface area contributed by atoms with Gasteiger partial charge in [0.05, 0.1) is 0 Å². The highest BCUT2D eigenvalue weighted by molar-refractivity contribution is 7.99. The van der Waals surface area contributed by atoms with E-state index in [4.69, 9.17) is 11.6 Å². The fourth-order valence-corrected chi connectivity index (χ4v) is 2.32. The van der Waals surface area contributed by atoms with Gasteiger partial charge < -0.3 is 5.32 Å². The Balaban J connectivity index is 1.98. The Morgan fingerprint density at radius 3 is 2.45 bits per heavy atom. The predicted molar refractivity (Wildman–Crippen MR) is 77.0 cm³/mol. The molecule has 1 N–H and O–H groups in total. The minimum Gasteiger partial charge on any atom is -0.381 e. The third kappa shape index (κ3) is 4.35. The van der Waals surface area contributed by atoms with Crippen LogP contribution < -0.4 is 5.32 Å². The molecule has 0 fully saturated rings. The largest absolute Gasteiger partial charge is 0.381 e. The molecule has 0 heterocycles. The summed E-state index contributed by atoms with van der Waals surface area (Å²) in [6, 6.07) is 10.9. The van der Waals surface area contributed by atoms with Crippen molar-refractivity contribution in [1.29, 1.82) is 0 Å². The maximum atomic E-state index is 13.5. The summed E-state index contributed by atoms with van der Waals surface area (Å²) in [7, 11) is 0. The van der Waals surface area contributed by atoms with Crippen LogP contribution in [0.5, 0.6) is 0 Å². The molecule has 1 nitrogen and oxygen atoms in total. The van der Waals surface area contributed by atoms with Gasteiger partial charge in [0.2, 0.25) is 0 Å². The second-order valence-electron chi connectivity index (χ2n) is 3.99. The van der Waals surface area contributed by atoms with E-state index in [0.29, 0.717) is 27.2 Å². The third-order valence-corrected chi connectivity index (χ3v) is 3.53. The summed E-state index contributed by atoms with van der Waals surface area (Å²) in [6.45, 7) is 0.272. The smallest absolute Gasteiger partial charge is 0.288 e. The fourth-order valence-electron chi connectivity index (χ4n) is 1.63. The number of nitrogens with one attached hydrogen (secondary N) is 1. The lowest BCUT2D eigenvalue weighted by molar-refractivity contribution is 0.252. The average molecular weight is 318 g/mol. The van der Waals surface area contributed by atoms with Crippen molar-refractivity contribution in [3.8, 4) is 0 Å². The van der Waals surface area contributed by atoms with Crippen LogP contribution >= 0.6 is 23.4 Å². The third-order valence-electron chi connectivity index (χ3n) is 2.57. The standard InChI is InChI=1S/C14H11ClF3NS/c15-10-1-6-13(16)9(7-10)8-19-11-2-4-12(5-3-11)20-14(17)18/h1-7,14,19H,8H2. The summed E-state index contributed by atoms with van der Waals surface area (Å²) in [4.78, 5) is 0.486. The van der Waals surface area contributed by atoms with E-state index in [-0.39, 0.29) is 12.4 Å². The van der Waals surface area contributed by atoms with Crippen molar-refractivity contribution in [2.24, 2.45) is 0 Å². The molecular weight excluding hydrogens is 307 g/mol. The first kappa shape index (κ1) is 15.1. The molecule has 0 saturated carbocycles. The zero-order chi connectivity index (χ0) is 14.5. The predicted octanol–water partition coefficient (Wildman–Crippen LogP) is 5.41. The van der Waals surface area contributed by atoms with Crippen molar-refractivity contribution >= 4 is 29.1 Å². The number of alkyl halides is 2. The van der Waals surface area contributed by atoms with E-state index in [9.17, 15) is 13.2 Å². The first-order chi connectivity index (χ1) is 9.54. The van der Waals surface area contributed by atoms with Gasteiger partial charge in [-0.25, -0.2) is 4.39 Å². The Hall–Kier alpha value is -1.33. The van der Waals surface area contributed by atoms with E-state index < -0.39 is 5.76 Å². The summed E-state index contributed by atoms with van der Waals surface area (Å²) >= 11 is 6.29. The fraction of sp³-hybridized carbons (Fsp3) is 0.143. The van der Waals surface area contributed by atoms with E-state index >= 15 is 0 Å². The van der Waals surface area contributed by atoms with Gasteiger partial charge in [-0.15, -0.1) is 0 Å². The van der Waals surface area contributed by atoms with Gasteiger partial charge in [0.25, 0.3) is 5.76 Å². The lowest BCUT2D eigenvalue weighted by atomic mass is 10.2. The Kier molecular flexibility index (Phi) is 5.20. The van der Waals surface area contributed by atoms with E-state index in [2.05, 4.69) is 5.32 Å². The quantitative estimate of drug-likeness (QED) is 0.740. The molecule has 0 aliphatic heterocycles. The number of halogens is 4. The van der Waals surface area contributed by atoms with Crippen LogP contribution in [0.4, 0.5) is 18.9 Å². The van der Waals surface area contributed by atoms with Crippen molar-refractivity contribution in [2.75, 3.05) is 5.32 Å². The minimum atomic E-state index is -2.44. The molecule has 0 radical (unpaired) electrons. The first-order valence-corrected chi connectivity index (χ1v) is 7.03. The van der Waals surface area contributed by atoms with Crippen molar-refractivity contribution in [3.05, 3.63) is 58.9 Å². The van der Waals surface area contributed by atoms with E-state index in [1.54, 1.807) is 30.3 Å². The topological polar surface area (TPSA) is 12.0 Å².